The van der Waals surface area contributed by atoms with Gasteiger partial charge in [-0.15, -0.1) is 11.3 Å². The predicted octanol–water partition coefficient (Wildman–Crippen LogP) is 2.28. The first-order chi connectivity index (χ1) is 8.72. The summed E-state index contributed by atoms with van der Waals surface area (Å²) in [7, 11) is 0. The summed E-state index contributed by atoms with van der Waals surface area (Å²) >= 11 is 1.36. The summed E-state index contributed by atoms with van der Waals surface area (Å²) in [6.07, 6.45) is 3.60. The van der Waals surface area contributed by atoms with E-state index < -0.39 is 5.97 Å². The fraction of sp³-hybridized carbons (Fsp3) is 0.364. The molecule has 18 heavy (non-hydrogen) atoms. The number of nitrogens with one attached hydrogen (secondary N) is 1. The van der Waals surface area contributed by atoms with Crippen molar-refractivity contribution in [3.05, 3.63) is 23.5 Å². The summed E-state index contributed by atoms with van der Waals surface area (Å²) in [6.45, 7) is 4.94. The van der Waals surface area contributed by atoms with E-state index in [9.17, 15) is 4.79 Å². The molecule has 2 rings (SSSR count). The lowest BCUT2D eigenvalue weighted by atomic mass is 10.5. The summed E-state index contributed by atoms with van der Waals surface area (Å²) in [5.41, 5.74) is 1.17. The van der Waals surface area contributed by atoms with Gasteiger partial charge in [0.2, 0.25) is 0 Å². The van der Waals surface area contributed by atoms with Crippen molar-refractivity contribution >= 4 is 28.1 Å². The van der Waals surface area contributed by atoms with Gasteiger partial charge in [-0.05, 0) is 13.8 Å². The highest BCUT2D eigenvalue weighted by molar-refractivity contribution is 7.14. The average Bonchev–Trinajstić information content (AvgIpc) is 2.99. The van der Waals surface area contributed by atoms with Crippen molar-refractivity contribution in [2.45, 2.75) is 20.4 Å². The maximum Gasteiger partial charge on any atom is 0.357 e. The van der Waals surface area contributed by atoms with E-state index in [-0.39, 0.29) is 0 Å². The first-order valence-corrected chi connectivity index (χ1v) is 6.53. The van der Waals surface area contributed by atoms with Crippen LogP contribution < -0.4 is 5.32 Å². The number of rotatable bonds is 5. The number of ether oxygens (including phenoxy) is 1. The van der Waals surface area contributed by atoms with Crippen LogP contribution >= 0.6 is 11.3 Å². The van der Waals surface area contributed by atoms with Crippen LogP contribution in [0.3, 0.4) is 0 Å². The molecule has 0 saturated heterocycles. The Balaban J connectivity index is 2.04. The number of anilines is 2. The van der Waals surface area contributed by atoms with E-state index in [1.807, 2.05) is 17.8 Å². The number of nitrogens with zero attached hydrogens (tertiary/aromatic N) is 3. The van der Waals surface area contributed by atoms with E-state index in [0.717, 1.165) is 12.2 Å². The van der Waals surface area contributed by atoms with Crippen molar-refractivity contribution < 1.29 is 9.53 Å². The van der Waals surface area contributed by atoms with Crippen molar-refractivity contribution in [1.29, 1.82) is 0 Å². The molecular formula is C11H14N4O2S. The third-order valence-corrected chi connectivity index (χ3v) is 2.95. The van der Waals surface area contributed by atoms with Gasteiger partial charge in [-0.3, -0.25) is 4.68 Å². The van der Waals surface area contributed by atoms with Gasteiger partial charge in [0, 0.05) is 18.1 Å². The molecule has 0 unspecified atom stereocenters. The Morgan fingerprint density at radius 1 is 1.56 bits per heavy atom. The molecule has 0 aliphatic rings. The highest BCUT2D eigenvalue weighted by Crippen LogP contribution is 2.20. The third kappa shape index (κ3) is 2.86. The topological polar surface area (TPSA) is 69.0 Å². The van der Waals surface area contributed by atoms with Gasteiger partial charge in [-0.2, -0.15) is 5.10 Å². The molecule has 1 N–H and O–H groups in total. The van der Waals surface area contributed by atoms with E-state index >= 15 is 0 Å². The number of aryl methyl sites for hydroxylation is 1. The molecule has 0 aliphatic heterocycles. The van der Waals surface area contributed by atoms with Crippen LogP contribution in [-0.4, -0.2) is 27.3 Å². The van der Waals surface area contributed by atoms with Crippen LogP contribution in [-0.2, 0) is 11.3 Å². The van der Waals surface area contributed by atoms with Crippen LogP contribution in [0.1, 0.15) is 24.3 Å². The highest BCUT2D eigenvalue weighted by atomic mass is 32.1. The van der Waals surface area contributed by atoms with Gasteiger partial charge in [0.1, 0.15) is 0 Å². The van der Waals surface area contributed by atoms with Gasteiger partial charge in [-0.1, -0.05) is 0 Å². The molecular weight excluding hydrogens is 252 g/mol. The Morgan fingerprint density at radius 3 is 3.06 bits per heavy atom. The maximum atomic E-state index is 11.4. The van der Waals surface area contributed by atoms with Crippen molar-refractivity contribution in [3.8, 4) is 0 Å². The van der Waals surface area contributed by atoms with Gasteiger partial charge in [-0.25, -0.2) is 9.78 Å². The monoisotopic (exact) mass is 266 g/mol. The Morgan fingerprint density at radius 2 is 2.39 bits per heavy atom. The fourth-order valence-electron chi connectivity index (χ4n) is 1.35. The SMILES string of the molecule is CCOC(=O)c1csc(Nc2cnn(CC)c2)n1. The van der Waals surface area contributed by atoms with Gasteiger partial charge in [0.05, 0.1) is 18.5 Å². The van der Waals surface area contributed by atoms with Crippen LogP contribution in [0.25, 0.3) is 0 Å². The number of hydrogen-bond acceptors (Lipinski definition) is 6. The molecule has 2 aromatic rings. The molecule has 6 nitrogen and oxygen atoms in total. The molecule has 96 valence electrons. The molecule has 0 radical (unpaired) electrons. The first kappa shape index (κ1) is 12.6. The highest BCUT2D eigenvalue weighted by Gasteiger charge is 2.11. The van der Waals surface area contributed by atoms with Crippen molar-refractivity contribution in [2.75, 3.05) is 11.9 Å². The number of esters is 1. The number of thiazole rings is 1. The van der Waals surface area contributed by atoms with E-state index in [0.29, 0.717) is 17.4 Å². The number of carbonyl (C=O) groups is 1. The van der Waals surface area contributed by atoms with Crippen LogP contribution in [0.15, 0.2) is 17.8 Å². The number of aromatic nitrogens is 3. The molecule has 0 spiro atoms. The van der Waals surface area contributed by atoms with Gasteiger partial charge < -0.3 is 10.1 Å². The number of carbonyl (C=O) groups excluding carboxylic acids is 1. The van der Waals surface area contributed by atoms with Crippen LogP contribution in [0.4, 0.5) is 10.8 Å². The quantitative estimate of drug-likeness (QED) is 0.841. The van der Waals surface area contributed by atoms with Gasteiger partial charge in [0.25, 0.3) is 0 Å². The molecule has 0 aliphatic carbocycles. The normalized spacial score (nSPS) is 10.3. The van der Waals surface area contributed by atoms with Crippen LogP contribution in [0.2, 0.25) is 0 Å². The molecule has 2 heterocycles. The third-order valence-electron chi connectivity index (χ3n) is 2.20. The minimum absolute atomic E-state index is 0.326. The standard InChI is InChI=1S/C11H14N4O2S/c1-3-15-6-8(5-12-15)13-11-14-9(7-18-11)10(16)17-4-2/h5-7H,3-4H2,1-2H3,(H,13,14). The van der Waals surface area contributed by atoms with Crippen LogP contribution in [0.5, 0.6) is 0 Å². The van der Waals surface area contributed by atoms with Gasteiger partial charge >= 0.3 is 5.97 Å². The van der Waals surface area contributed by atoms with E-state index in [4.69, 9.17) is 4.74 Å². The Labute approximate surface area is 109 Å². The van der Waals surface area contributed by atoms with Crippen molar-refractivity contribution in [2.24, 2.45) is 0 Å². The lowest BCUT2D eigenvalue weighted by Gasteiger charge is -1.98. The Hall–Kier alpha value is -1.89. The second kappa shape index (κ2) is 5.63. The zero-order valence-corrected chi connectivity index (χ0v) is 11.0. The average molecular weight is 266 g/mol. The molecule has 2 aromatic heterocycles. The van der Waals surface area contributed by atoms with E-state index in [2.05, 4.69) is 15.4 Å². The molecule has 0 bridgehead atoms. The summed E-state index contributed by atoms with van der Waals surface area (Å²) in [5.74, 6) is -0.397. The lowest BCUT2D eigenvalue weighted by molar-refractivity contribution is 0.0520. The molecule has 7 heteroatoms. The molecule has 0 amide bonds. The molecule has 0 aromatic carbocycles. The summed E-state index contributed by atoms with van der Waals surface area (Å²) in [4.78, 5) is 15.6. The van der Waals surface area contributed by atoms with Crippen LogP contribution in [0, 0.1) is 0 Å². The van der Waals surface area contributed by atoms with Crippen molar-refractivity contribution in [1.82, 2.24) is 14.8 Å². The summed E-state index contributed by atoms with van der Waals surface area (Å²) in [5, 5.41) is 9.55. The molecule has 0 fully saturated rings. The largest absolute Gasteiger partial charge is 0.461 e. The Bertz CT molecular complexity index is 535. The smallest absolute Gasteiger partial charge is 0.357 e. The lowest BCUT2D eigenvalue weighted by Crippen LogP contribution is -2.04. The Kier molecular flexibility index (Phi) is 3.93. The molecule has 0 atom stereocenters. The zero-order chi connectivity index (χ0) is 13.0. The predicted molar refractivity (Wildman–Crippen MR) is 69.3 cm³/mol. The minimum Gasteiger partial charge on any atom is -0.461 e. The van der Waals surface area contributed by atoms with E-state index in [1.165, 1.54) is 11.3 Å². The molecule has 0 saturated carbocycles. The second-order valence-electron chi connectivity index (χ2n) is 3.47. The van der Waals surface area contributed by atoms with Crippen molar-refractivity contribution in [3.63, 3.8) is 0 Å². The van der Waals surface area contributed by atoms with Gasteiger partial charge in [0.15, 0.2) is 10.8 Å². The fourth-order valence-corrected chi connectivity index (χ4v) is 2.05. The summed E-state index contributed by atoms with van der Waals surface area (Å²) in [6, 6.07) is 0. The first-order valence-electron chi connectivity index (χ1n) is 5.65. The maximum absolute atomic E-state index is 11.4. The second-order valence-corrected chi connectivity index (χ2v) is 4.33. The summed E-state index contributed by atoms with van der Waals surface area (Å²) < 4.78 is 6.68. The zero-order valence-electron chi connectivity index (χ0n) is 10.2. The van der Waals surface area contributed by atoms with E-state index in [1.54, 1.807) is 18.5 Å². The number of hydrogen-bond donors (Lipinski definition) is 1. The minimum atomic E-state index is -0.397.